The van der Waals surface area contributed by atoms with E-state index in [1.165, 1.54) is 36.2 Å². The first-order valence-electron chi connectivity index (χ1n) is 8.95. The van der Waals surface area contributed by atoms with Crippen LogP contribution in [-0.4, -0.2) is 15.9 Å². The lowest BCUT2D eigenvalue weighted by molar-refractivity contribution is 0.100. The number of hydrogen-bond acceptors (Lipinski definition) is 4. The number of hydrogen-bond donors (Lipinski definition) is 1. The number of nitrogens with zero attached hydrogens (tertiary/aromatic N) is 2. The van der Waals surface area contributed by atoms with Gasteiger partial charge in [0.1, 0.15) is 11.6 Å². The molecule has 142 valence electrons. The van der Waals surface area contributed by atoms with Crippen molar-refractivity contribution in [2.45, 2.75) is 38.1 Å². The molecule has 1 aromatic carbocycles. The van der Waals surface area contributed by atoms with Crippen LogP contribution >= 0.6 is 11.8 Å². The molecule has 1 fully saturated rings. The maximum atomic E-state index is 15.0. The number of nitrogens with two attached hydrogens (primary N) is 1. The van der Waals surface area contributed by atoms with Crippen LogP contribution in [0.3, 0.4) is 0 Å². The van der Waals surface area contributed by atoms with Gasteiger partial charge >= 0.3 is 0 Å². The van der Waals surface area contributed by atoms with Crippen LogP contribution in [0.1, 0.15) is 38.2 Å². The van der Waals surface area contributed by atoms with Gasteiger partial charge in [0.25, 0.3) is 0 Å². The molecule has 0 amide bonds. The number of aliphatic imine (C=N–C) groups is 1. The Bertz CT molecular complexity index is 933. The Kier molecular flexibility index (Phi) is 4.45. The third-order valence-corrected chi connectivity index (χ3v) is 7.08. The first-order valence-corrected chi connectivity index (χ1v) is 9.93. The van der Waals surface area contributed by atoms with Gasteiger partial charge in [-0.3, -0.25) is 4.99 Å². The van der Waals surface area contributed by atoms with Crippen molar-refractivity contribution in [3.63, 3.8) is 0 Å². The van der Waals surface area contributed by atoms with Gasteiger partial charge in [0.15, 0.2) is 5.17 Å². The molecular formula is C20H20F3N3S. The molecule has 1 aliphatic carbocycles. The lowest BCUT2D eigenvalue weighted by Crippen LogP contribution is -2.50. The molecule has 2 N–H and O–H groups in total. The maximum Gasteiger partial charge on any atom is 0.220 e. The average molecular weight is 391 g/mol. The Hall–Kier alpha value is -2.02. The zero-order valence-electron chi connectivity index (χ0n) is 14.9. The summed E-state index contributed by atoms with van der Waals surface area (Å²) in [5.41, 5.74) is 5.13. The van der Waals surface area contributed by atoms with Gasteiger partial charge in [0.05, 0.1) is 5.54 Å². The van der Waals surface area contributed by atoms with Crippen molar-refractivity contribution >= 4 is 16.9 Å². The summed E-state index contributed by atoms with van der Waals surface area (Å²) in [6, 6.07) is 5.20. The highest BCUT2D eigenvalue weighted by Gasteiger charge is 2.54. The zero-order valence-corrected chi connectivity index (χ0v) is 15.8. The van der Waals surface area contributed by atoms with Gasteiger partial charge < -0.3 is 5.73 Å². The lowest BCUT2D eigenvalue weighted by atomic mass is 9.60. The molecule has 0 spiro atoms. The maximum absolute atomic E-state index is 15.0. The van der Waals surface area contributed by atoms with E-state index in [9.17, 15) is 8.78 Å². The molecule has 0 unspecified atom stereocenters. The molecule has 2 heterocycles. The molecule has 0 saturated heterocycles. The molecule has 1 aromatic heterocycles. The van der Waals surface area contributed by atoms with Crippen LogP contribution < -0.4 is 5.73 Å². The van der Waals surface area contributed by atoms with Gasteiger partial charge in [-0.1, -0.05) is 31.5 Å². The first kappa shape index (κ1) is 18.3. The summed E-state index contributed by atoms with van der Waals surface area (Å²) in [6.45, 7) is 2.09. The highest BCUT2D eigenvalue weighted by Crippen LogP contribution is 2.57. The smallest absolute Gasteiger partial charge is 0.220 e. The summed E-state index contributed by atoms with van der Waals surface area (Å²) in [5, 5.41) is 0.409. The standard InChI is InChI=1S/C20H20F3N3S/c1-19-6-2-3-7-20(19,26-18(24)27-11-19)14-9-13(15(21)10-16(14)22)12-5-4-8-25-17(12)23/h4-5,8-10H,2-3,6-7,11H2,1H3,(H2,24,26)/t19-,20+/m0/s1. The van der Waals surface area contributed by atoms with Gasteiger partial charge in [-0.15, -0.1) is 0 Å². The van der Waals surface area contributed by atoms with Crippen molar-refractivity contribution in [3.05, 3.63) is 53.6 Å². The van der Waals surface area contributed by atoms with E-state index in [1.54, 1.807) is 0 Å². The topological polar surface area (TPSA) is 51.3 Å². The summed E-state index contributed by atoms with van der Waals surface area (Å²) in [4.78, 5) is 8.30. The number of aromatic nitrogens is 1. The van der Waals surface area contributed by atoms with Crippen LogP contribution in [0.5, 0.6) is 0 Å². The van der Waals surface area contributed by atoms with E-state index in [4.69, 9.17) is 10.7 Å². The Morgan fingerprint density at radius 3 is 2.63 bits per heavy atom. The lowest BCUT2D eigenvalue weighted by Gasteiger charge is -2.52. The number of rotatable bonds is 2. The van der Waals surface area contributed by atoms with Crippen molar-refractivity contribution in [1.82, 2.24) is 4.98 Å². The van der Waals surface area contributed by atoms with Gasteiger partial charge in [0, 0.05) is 40.1 Å². The zero-order chi connectivity index (χ0) is 19.2. The monoisotopic (exact) mass is 391 g/mol. The largest absolute Gasteiger partial charge is 0.379 e. The summed E-state index contributed by atoms with van der Waals surface area (Å²) in [7, 11) is 0. The van der Waals surface area contributed by atoms with Crippen LogP contribution in [-0.2, 0) is 5.54 Å². The van der Waals surface area contributed by atoms with Crippen molar-refractivity contribution in [1.29, 1.82) is 0 Å². The fourth-order valence-electron chi connectivity index (χ4n) is 4.42. The van der Waals surface area contributed by atoms with Crippen LogP contribution in [0.15, 0.2) is 35.5 Å². The molecule has 1 aliphatic heterocycles. The normalized spacial score (nSPS) is 27.8. The first-order chi connectivity index (χ1) is 12.9. The van der Waals surface area contributed by atoms with E-state index in [2.05, 4.69) is 11.9 Å². The van der Waals surface area contributed by atoms with Gasteiger partial charge in [-0.2, -0.15) is 4.39 Å². The second-order valence-corrected chi connectivity index (χ2v) is 8.52. The second kappa shape index (κ2) is 6.55. The highest BCUT2D eigenvalue weighted by atomic mass is 32.2. The predicted molar refractivity (Wildman–Crippen MR) is 102 cm³/mol. The fourth-order valence-corrected chi connectivity index (χ4v) is 5.49. The molecule has 2 aromatic rings. The van der Waals surface area contributed by atoms with Crippen LogP contribution in [0.25, 0.3) is 11.1 Å². The minimum atomic E-state index is -0.869. The van der Waals surface area contributed by atoms with E-state index in [0.717, 1.165) is 31.1 Å². The van der Waals surface area contributed by atoms with Crippen LogP contribution in [0.2, 0.25) is 0 Å². The minimum absolute atomic E-state index is 0.00676. The summed E-state index contributed by atoms with van der Waals surface area (Å²) in [5.74, 6) is -1.56. The van der Waals surface area contributed by atoms with E-state index in [1.807, 2.05) is 0 Å². The van der Waals surface area contributed by atoms with E-state index in [-0.39, 0.29) is 22.1 Å². The van der Waals surface area contributed by atoms with Crippen molar-refractivity contribution in [2.24, 2.45) is 16.1 Å². The third kappa shape index (κ3) is 2.83. The Morgan fingerprint density at radius 1 is 1.07 bits per heavy atom. The molecule has 27 heavy (non-hydrogen) atoms. The van der Waals surface area contributed by atoms with Crippen molar-refractivity contribution in [2.75, 3.05) is 5.75 Å². The number of halogens is 3. The third-order valence-electron chi connectivity index (χ3n) is 5.91. The minimum Gasteiger partial charge on any atom is -0.379 e. The number of benzene rings is 1. The number of pyridine rings is 1. The highest BCUT2D eigenvalue weighted by molar-refractivity contribution is 8.13. The number of amidine groups is 1. The Labute approximate surface area is 160 Å². The number of thioether (sulfide) groups is 1. The average Bonchev–Trinajstić information content (AvgIpc) is 2.63. The number of fused-ring (bicyclic) bond motifs is 1. The summed E-state index contributed by atoms with van der Waals surface area (Å²) < 4.78 is 43.8. The Morgan fingerprint density at radius 2 is 1.85 bits per heavy atom. The summed E-state index contributed by atoms with van der Waals surface area (Å²) >= 11 is 1.47. The summed E-state index contributed by atoms with van der Waals surface area (Å²) in [6.07, 6.45) is 4.71. The van der Waals surface area contributed by atoms with Gasteiger partial charge in [-0.05, 0) is 31.0 Å². The van der Waals surface area contributed by atoms with E-state index < -0.39 is 23.1 Å². The molecule has 4 rings (SSSR count). The molecule has 2 aliphatic rings. The molecule has 1 saturated carbocycles. The fraction of sp³-hybridized carbons (Fsp3) is 0.400. The second-order valence-electron chi connectivity index (χ2n) is 7.52. The molecule has 0 radical (unpaired) electrons. The predicted octanol–water partition coefficient (Wildman–Crippen LogP) is 5.00. The SMILES string of the molecule is C[C@@]12CCCC[C@]1(c1cc(-c3cccnc3F)c(F)cc1F)N=C(N)SC2. The van der Waals surface area contributed by atoms with E-state index >= 15 is 4.39 Å². The van der Waals surface area contributed by atoms with Crippen molar-refractivity contribution in [3.8, 4) is 11.1 Å². The molecule has 2 atom stereocenters. The van der Waals surface area contributed by atoms with Gasteiger partial charge in [-0.25, -0.2) is 13.8 Å². The quantitative estimate of drug-likeness (QED) is 0.733. The molecular weight excluding hydrogens is 371 g/mol. The molecule has 3 nitrogen and oxygen atoms in total. The van der Waals surface area contributed by atoms with Crippen molar-refractivity contribution < 1.29 is 13.2 Å². The van der Waals surface area contributed by atoms with Crippen LogP contribution in [0.4, 0.5) is 13.2 Å². The van der Waals surface area contributed by atoms with Crippen LogP contribution in [0, 0.1) is 23.0 Å². The molecule has 0 bridgehead atoms. The van der Waals surface area contributed by atoms with Gasteiger partial charge in [0.2, 0.25) is 5.95 Å². The van der Waals surface area contributed by atoms with E-state index in [0.29, 0.717) is 11.6 Å². The molecule has 7 heteroatoms. The Balaban J connectivity index is 1.97.